The SMILES string of the molecule is CCn1c(-c2ccccc2)nn(-c2ccccc2C)c1=O.CNC. The average molecular weight is 324 g/mol. The second-order valence-corrected chi connectivity index (χ2v) is 5.41. The van der Waals surface area contributed by atoms with Gasteiger partial charge in [0, 0.05) is 12.1 Å². The van der Waals surface area contributed by atoms with Crippen LogP contribution in [0.5, 0.6) is 0 Å². The number of aryl methyl sites for hydroxylation is 1. The highest BCUT2D eigenvalue weighted by molar-refractivity contribution is 5.55. The van der Waals surface area contributed by atoms with Gasteiger partial charge in [0.1, 0.15) is 0 Å². The van der Waals surface area contributed by atoms with E-state index in [2.05, 4.69) is 10.4 Å². The number of rotatable bonds is 3. The predicted molar refractivity (Wildman–Crippen MR) is 98.7 cm³/mol. The van der Waals surface area contributed by atoms with E-state index in [1.165, 1.54) is 4.68 Å². The number of aromatic nitrogens is 3. The van der Waals surface area contributed by atoms with Gasteiger partial charge in [0.25, 0.3) is 0 Å². The van der Waals surface area contributed by atoms with Gasteiger partial charge in [-0.25, -0.2) is 4.79 Å². The van der Waals surface area contributed by atoms with Gasteiger partial charge in [-0.2, -0.15) is 4.68 Å². The molecule has 0 atom stereocenters. The molecule has 24 heavy (non-hydrogen) atoms. The maximum absolute atomic E-state index is 12.6. The Morgan fingerprint density at radius 3 is 2.17 bits per heavy atom. The maximum atomic E-state index is 12.6. The van der Waals surface area contributed by atoms with Crippen LogP contribution in [-0.4, -0.2) is 28.4 Å². The average Bonchev–Trinajstić information content (AvgIpc) is 2.93. The molecule has 1 heterocycles. The molecule has 0 amide bonds. The number of hydrogen-bond donors (Lipinski definition) is 1. The van der Waals surface area contributed by atoms with Crippen LogP contribution in [0.25, 0.3) is 17.1 Å². The van der Waals surface area contributed by atoms with E-state index < -0.39 is 0 Å². The lowest BCUT2D eigenvalue weighted by molar-refractivity contribution is 0.715. The lowest BCUT2D eigenvalue weighted by atomic mass is 10.2. The van der Waals surface area contributed by atoms with Crippen molar-refractivity contribution in [2.75, 3.05) is 14.1 Å². The van der Waals surface area contributed by atoms with E-state index in [4.69, 9.17) is 0 Å². The van der Waals surface area contributed by atoms with E-state index in [-0.39, 0.29) is 5.69 Å². The van der Waals surface area contributed by atoms with Gasteiger partial charge in [-0.05, 0) is 39.6 Å². The first-order valence-corrected chi connectivity index (χ1v) is 8.03. The second-order valence-electron chi connectivity index (χ2n) is 5.41. The number of benzene rings is 2. The molecule has 0 aliphatic carbocycles. The molecule has 1 N–H and O–H groups in total. The molecule has 0 aliphatic rings. The smallest absolute Gasteiger partial charge is 0.323 e. The van der Waals surface area contributed by atoms with Crippen molar-refractivity contribution in [1.29, 1.82) is 0 Å². The van der Waals surface area contributed by atoms with E-state index in [1.807, 2.05) is 82.5 Å². The van der Waals surface area contributed by atoms with Crippen LogP contribution in [-0.2, 0) is 6.54 Å². The van der Waals surface area contributed by atoms with Gasteiger partial charge in [0.2, 0.25) is 0 Å². The molecule has 5 heteroatoms. The monoisotopic (exact) mass is 324 g/mol. The molecular weight excluding hydrogens is 300 g/mol. The largest absolute Gasteiger partial charge is 0.351 e. The number of nitrogens with zero attached hydrogens (tertiary/aromatic N) is 3. The molecule has 0 saturated heterocycles. The summed E-state index contributed by atoms with van der Waals surface area (Å²) in [5, 5.41) is 7.30. The minimum atomic E-state index is -0.106. The van der Waals surface area contributed by atoms with Crippen molar-refractivity contribution in [3.8, 4) is 17.1 Å². The first-order valence-electron chi connectivity index (χ1n) is 8.03. The van der Waals surface area contributed by atoms with Crippen LogP contribution in [0.4, 0.5) is 0 Å². The van der Waals surface area contributed by atoms with Crippen molar-refractivity contribution >= 4 is 0 Å². The predicted octanol–water partition coefficient (Wildman–Crippen LogP) is 2.86. The number of hydrogen-bond acceptors (Lipinski definition) is 3. The lowest BCUT2D eigenvalue weighted by Gasteiger charge is -2.02. The fraction of sp³-hybridized carbons (Fsp3) is 0.263. The van der Waals surface area contributed by atoms with Gasteiger partial charge in [0.15, 0.2) is 5.82 Å². The van der Waals surface area contributed by atoms with Gasteiger partial charge in [0.05, 0.1) is 5.69 Å². The van der Waals surface area contributed by atoms with Crippen molar-refractivity contribution in [1.82, 2.24) is 19.7 Å². The maximum Gasteiger partial charge on any atom is 0.351 e. The topological polar surface area (TPSA) is 51.9 Å². The summed E-state index contributed by atoms with van der Waals surface area (Å²) in [6.45, 7) is 4.53. The van der Waals surface area contributed by atoms with Gasteiger partial charge >= 0.3 is 5.69 Å². The Kier molecular flexibility index (Phi) is 6.09. The zero-order valence-electron chi connectivity index (χ0n) is 14.7. The van der Waals surface area contributed by atoms with E-state index in [1.54, 1.807) is 4.57 Å². The highest BCUT2D eigenvalue weighted by atomic mass is 16.2. The fourth-order valence-corrected chi connectivity index (χ4v) is 2.44. The van der Waals surface area contributed by atoms with Gasteiger partial charge < -0.3 is 5.32 Å². The quantitative estimate of drug-likeness (QED) is 0.806. The van der Waals surface area contributed by atoms with Crippen LogP contribution in [0.3, 0.4) is 0 Å². The third-order valence-corrected chi connectivity index (χ3v) is 3.55. The third-order valence-electron chi connectivity index (χ3n) is 3.55. The van der Waals surface area contributed by atoms with Crippen molar-refractivity contribution in [3.63, 3.8) is 0 Å². The summed E-state index contributed by atoms with van der Waals surface area (Å²) in [5.74, 6) is 0.700. The third kappa shape index (κ3) is 3.63. The highest BCUT2D eigenvalue weighted by Crippen LogP contribution is 2.17. The summed E-state index contributed by atoms with van der Waals surface area (Å²) >= 11 is 0. The molecule has 0 saturated carbocycles. The standard InChI is InChI=1S/C17H17N3O.C2H7N/c1-3-19-16(14-10-5-4-6-11-14)18-20(17(19)21)15-12-8-7-9-13(15)2;1-3-2/h4-12H,3H2,1-2H3;3H,1-2H3. The Bertz CT molecular complexity index is 834. The Labute approximate surface area is 142 Å². The molecule has 0 radical (unpaired) electrons. The minimum Gasteiger partial charge on any atom is -0.323 e. The van der Waals surface area contributed by atoms with Crippen molar-refractivity contribution < 1.29 is 0 Å². The van der Waals surface area contributed by atoms with Gasteiger partial charge in [-0.15, -0.1) is 5.10 Å². The van der Waals surface area contributed by atoms with Gasteiger partial charge in [-0.3, -0.25) is 4.57 Å². The van der Waals surface area contributed by atoms with Crippen LogP contribution in [0.1, 0.15) is 12.5 Å². The van der Waals surface area contributed by atoms with E-state index >= 15 is 0 Å². The summed E-state index contributed by atoms with van der Waals surface area (Å²) in [4.78, 5) is 12.6. The first kappa shape index (κ1) is 17.7. The molecule has 0 aliphatic heterocycles. The molecule has 0 fully saturated rings. The molecule has 3 rings (SSSR count). The minimum absolute atomic E-state index is 0.106. The van der Waals surface area contributed by atoms with Gasteiger partial charge in [-0.1, -0.05) is 48.5 Å². The number of para-hydroxylation sites is 1. The second kappa shape index (κ2) is 8.26. The van der Waals surface area contributed by atoms with Crippen molar-refractivity contribution in [2.45, 2.75) is 20.4 Å². The summed E-state index contributed by atoms with van der Waals surface area (Å²) in [6, 6.07) is 17.6. The van der Waals surface area contributed by atoms with E-state index in [9.17, 15) is 4.79 Å². The summed E-state index contributed by atoms with van der Waals surface area (Å²) in [5.41, 5.74) is 2.70. The Hall–Kier alpha value is -2.66. The molecule has 0 bridgehead atoms. The van der Waals surface area contributed by atoms with Crippen molar-refractivity contribution in [3.05, 3.63) is 70.6 Å². The molecule has 2 aromatic carbocycles. The molecule has 126 valence electrons. The molecule has 1 aromatic heterocycles. The molecule has 0 unspecified atom stereocenters. The summed E-state index contributed by atoms with van der Waals surface area (Å²) in [7, 11) is 3.75. The molecule has 5 nitrogen and oxygen atoms in total. The zero-order chi connectivity index (χ0) is 17.5. The number of nitrogens with one attached hydrogen (secondary N) is 1. The van der Waals surface area contributed by atoms with Crippen LogP contribution < -0.4 is 11.0 Å². The molecule has 3 aromatic rings. The van der Waals surface area contributed by atoms with E-state index in [0.29, 0.717) is 12.4 Å². The van der Waals surface area contributed by atoms with Crippen LogP contribution in [0, 0.1) is 6.92 Å². The Balaban J connectivity index is 0.000000647. The van der Waals surface area contributed by atoms with Crippen LogP contribution in [0.15, 0.2) is 59.4 Å². The Morgan fingerprint density at radius 2 is 1.58 bits per heavy atom. The zero-order valence-corrected chi connectivity index (χ0v) is 14.7. The van der Waals surface area contributed by atoms with Crippen LogP contribution >= 0.6 is 0 Å². The van der Waals surface area contributed by atoms with E-state index in [0.717, 1.165) is 16.8 Å². The lowest BCUT2D eigenvalue weighted by Crippen LogP contribution is -2.23. The summed E-state index contributed by atoms with van der Waals surface area (Å²) < 4.78 is 3.18. The molecule has 0 spiro atoms. The van der Waals surface area contributed by atoms with Crippen LogP contribution in [0.2, 0.25) is 0 Å². The fourth-order valence-electron chi connectivity index (χ4n) is 2.44. The highest BCUT2D eigenvalue weighted by Gasteiger charge is 2.15. The Morgan fingerprint density at radius 1 is 1.00 bits per heavy atom. The molecular formula is C19H24N4O. The van der Waals surface area contributed by atoms with Crippen molar-refractivity contribution in [2.24, 2.45) is 0 Å². The normalized spacial score (nSPS) is 10.2. The summed E-state index contributed by atoms with van der Waals surface area (Å²) in [6.07, 6.45) is 0. The first-order chi connectivity index (χ1) is 11.6.